The first kappa shape index (κ1) is 16.7. The maximum atomic E-state index is 11.9. The van der Waals surface area contributed by atoms with Gasteiger partial charge in [-0.1, -0.05) is 32.0 Å². The fraction of sp³-hybridized carbons (Fsp3) is 0.562. The van der Waals surface area contributed by atoms with E-state index in [-0.39, 0.29) is 5.91 Å². The first-order valence-electron chi connectivity index (χ1n) is 7.51. The van der Waals surface area contributed by atoms with Gasteiger partial charge in [-0.25, -0.2) is 0 Å². The highest BCUT2D eigenvalue weighted by Gasteiger charge is 2.07. The quantitative estimate of drug-likeness (QED) is 0.729. The van der Waals surface area contributed by atoms with Gasteiger partial charge in [0.25, 0.3) is 0 Å². The minimum absolute atomic E-state index is 0.0680. The van der Waals surface area contributed by atoms with Gasteiger partial charge in [-0.05, 0) is 44.1 Å². The van der Waals surface area contributed by atoms with Crippen LogP contribution in [0.4, 0.5) is 5.69 Å². The molecule has 0 aliphatic carbocycles. The molecule has 1 aromatic rings. The molecule has 4 heteroatoms. The smallest absolute Gasteiger partial charge is 0.224 e. The number of nitrogens with one attached hydrogen (secondary N) is 1. The van der Waals surface area contributed by atoms with Gasteiger partial charge in [-0.2, -0.15) is 0 Å². The Bertz CT molecular complexity index is 406. The highest BCUT2D eigenvalue weighted by molar-refractivity contribution is 5.91. The van der Waals surface area contributed by atoms with Crippen molar-refractivity contribution in [3.63, 3.8) is 0 Å². The molecule has 0 aliphatic rings. The van der Waals surface area contributed by atoms with Crippen LogP contribution < -0.4 is 11.1 Å². The van der Waals surface area contributed by atoms with Crippen LogP contribution in [-0.4, -0.2) is 30.4 Å². The number of rotatable bonds is 9. The standard InChI is InChI=1S/C16H27N3O/c1-3-11-19(4-2)12-7-10-16(20)18-15-9-6-5-8-14(15)13-17/h5-6,8-9H,3-4,7,10-13,17H2,1-2H3,(H,18,20). The third kappa shape index (κ3) is 5.72. The molecule has 20 heavy (non-hydrogen) atoms. The second-order valence-electron chi connectivity index (χ2n) is 4.95. The van der Waals surface area contributed by atoms with Crippen LogP contribution in [-0.2, 0) is 11.3 Å². The number of nitrogens with zero attached hydrogens (tertiary/aromatic N) is 1. The van der Waals surface area contributed by atoms with Gasteiger partial charge in [0, 0.05) is 18.7 Å². The minimum atomic E-state index is 0.0680. The Labute approximate surface area is 122 Å². The number of hydrogen-bond acceptors (Lipinski definition) is 3. The van der Waals surface area contributed by atoms with E-state index < -0.39 is 0 Å². The maximum Gasteiger partial charge on any atom is 0.224 e. The zero-order valence-corrected chi connectivity index (χ0v) is 12.7. The average Bonchev–Trinajstić information content (AvgIpc) is 2.47. The predicted octanol–water partition coefficient (Wildman–Crippen LogP) is 2.60. The van der Waals surface area contributed by atoms with Crippen LogP contribution in [0.15, 0.2) is 24.3 Å². The summed E-state index contributed by atoms with van der Waals surface area (Å²) in [6.07, 6.45) is 2.60. The maximum absolute atomic E-state index is 11.9. The number of amides is 1. The molecular formula is C16H27N3O. The second-order valence-corrected chi connectivity index (χ2v) is 4.95. The van der Waals surface area contributed by atoms with Gasteiger partial charge in [0.1, 0.15) is 0 Å². The van der Waals surface area contributed by atoms with Gasteiger partial charge in [-0.3, -0.25) is 4.79 Å². The van der Waals surface area contributed by atoms with E-state index in [0.29, 0.717) is 13.0 Å². The third-order valence-electron chi connectivity index (χ3n) is 3.38. The minimum Gasteiger partial charge on any atom is -0.326 e. The van der Waals surface area contributed by atoms with Crippen LogP contribution in [0, 0.1) is 0 Å². The normalized spacial score (nSPS) is 10.8. The molecular weight excluding hydrogens is 250 g/mol. The Balaban J connectivity index is 2.36. The number of anilines is 1. The molecule has 0 aromatic heterocycles. The van der Waals surface area contributed by atoms with Crippen LogP contribution in [0.25, 0.3) is 0 Å². The fourth-order valence-electron chi connectivity index (χ4n) is 2.24. The number of benzene rings is 1. The molecule has 0 bridgehead atoms. The van der Waals surface area contributed by atoms with E-state index in [2.05, 4.69) is 24.1 Å². The second kappa shape index (κ2) is 9.50. The Hall–Kier alpha value is -1.39. The van der Waals surface area contributed by atoms with E-state index in [4.69, 9.17) is 5.73 Å². The molecule has 1 aromatic carbocycles. The zero-order valence-electron chi connectivity index (χ0n) is 12.7. The number of hydrogen-bond donors (Lipinski definition) is 2. The Morgan fingerprint density at radius 1 is 1.25 bits per heavy atom. The summed E-state index contributed by atoms with van der Waals surface area (Å²) in [5.74, 6) is 0.0680. The molecule has 0 aliphatic heterocycles. The van der Waals surface area contributed by atoms with Crippen molar-refractivity contribution in [1.82, 2.24) is 4.90 Å². The van der Waals surface area contributed by atoms with Crippen molar-refractivity contribution in [2.24, 2.45) is 5.73 Å². The van der Waals surface area contributed by atoms with Gasteiger partial charge in [0.2, 0.25) is 5.91 Å². The Kier molecular flexibility index (Phi) is 7.92. The SMILES string of the molecule is CCCN(CC)CCCC(=O)Nc1ccccc1CN. The molecule has 112 valence electrons. The van der Waals surface area contributed by atoms with Crippen molar-refractivity contribution in [1.29, 1.82) is 0 Å². The van der Waals surface area contributed by atoms with E-state index in [0.717, 1.165) is 43.7 Å². The van der Waals surface area contributed by atoms with Crippen molar-refractivity contribution in [3.05, 3.63) is 29.8 Å². The largest absolute Gasteiger partial charge is 0.326 e. The summed E-state index contributed by atoms with van der Waals surface area (Å²) in [4.78, 5) is 14.3. The lowest BCUT2D eigenvalue weighted by Crippen LogP contribution is -2.26. The van der Waals surface area contributed by atoms with Crippen molar-refractivity contribution < 1.29 is 4.79 Å². The molecule has 4 nitrogen and oxygen atoms in total. The molecule has 0 atom stereocenters. The Morgan fingerprint density at radius 3 is 2.65 bits per heavy atom. The predicted molar refractivity (Wildman–Crippen MR) is 84.6 cm³/mol. The van der Waals surface area contributed by atoms with Crippen LogP contribution in [0.2, 0.25) is 0 Å². The summed E-state index contributed by atoms with van der Waals surface area (Å²) >= 11 is 0. The molecule has 0 fully saturated rings. The lowest BCUT2D eigenvalue weighted by molar-refractivity contribution is -0.116. The van der Waals surface area contributed by atoms with Gasteiger partial charge >= 0.3 is 0 Å². The molecule has 0 spiro atoms. The van der Waals surface area contributed by atoms with Gasteiger partial charge in [-0.15, -0.1) is 0 Å². The van der Waals surface area contributed by atoms with Gasteiger partial charge in [0.05, 0.1) is 0 Å². The highest BCUT2D eigenvalue weighted by Crippen LogP contribution is 2.14. The van der Waals surface area contributed by atoms with Crippen molar-refractivity contribution >= 4 is 11.6 Å². The molecule has 0 saturated heterocycles. The first-order chi connectivity index (χ1) is 9.71. The van der Waals surface area contributed by atoms with E-state index >= 15 is 0 Å². The average molecular weight is 277 g/mol. The lowest BCUT2D eigenvalue weighted by Gasteiger charge is -2.19. The first-order valence-corrected chi connectivity index (χ1v) is 7.51. The Morgan fingerprint density at radius 2 is 2.00 bits per heavy atom. The molecule has 0 heterocycles. The summed E-state index contributed by atoms with van der Waals surface area (Å²) in [7, 11) is 0. The zero-order chi connectivity index (χ0) is 14.8. The third-order valence-corrected chi connectivity index (χ3v) is 3.38. The van der Waals surface area contributed by atoms with Crippen LogP contribution in [0.5, 0.6) is 0 Å². The molecule has 0 saturated carbocycles. The van der Waals surface area contributed by atoms with Crippen molar-refractivity contribution in [2.45, 2.75) is 39.7 Å². The van der Waals surface area contributed by atoms with Crippen molar-refractivity contribution in [2.75, 3.05) is 25.0 Å². The van der Waals surface area contributed by atoms with Gasteiger partial charge in [0.15, 0.2) is 0 Å². The van der Waals surface area contributed by atoms with Crippen LogP contribution in [0.3, 0.4) is 0 Å². The topological polar surface area (TPSA) is 58.4 Å². The van der Waals surface area contributed by atoms with E-state index in [1.54, 1.807) is 0 Å². The summed E-state index contributed by atoms with van der Waals surface area (Å²) in [5, 5.41) is 2.95. The summed E-state index contributed by atoms with van der Waals surface area (Å²) in [6, 6.07) is 7.68. The van der Waals surface area contributed by atoms with Crippen LogP contribution in [0.1, 0.15) is 38.7 Å². The highest BCUT2D eigenvalue weighted by atomic mass is 16.1. The van der Waals surface area contributed by atoms with E-state index in [1.807, 2.05) is 24.3 Å². The number of carbonyl (C=O) groups excluding carboxylic acids is 1. The molecule has 0 radical (unpaired) electrons. The molecule has 1 rings (SSSR count). The summed E-state index contributed by atoms with van der Waals surface area (Å²) in [6.45, 7) is 7.92. The van der Waals surface area contributed by atoms with Crippen LogP contribution >= 0.6 is 0 Å². The fourth-order valence-corrected chi connectivity index (χ4v) is 2.24. The summed E-state index contributed by atoms with van der Waals surface area (Å²) in [5.41, 5.74) is 7.47. The number of carbonyl (C=O) groups is 1. The number of para-hydroxylation sites is 1. The van der Waals surface area contributed by atoms with Gasteiger partial charge < -0.3 is 16.0 Å². The summed E-state index contributed by atoms with van der Waals surface area (Å²) < 4.78 is 0. The molecule has 3 N–H and O–H groups in total. The number of nitrogens with two attached hydrogens (primary N) is 1. The van der Waals surface area contributed by atoms with Crippen molar-refractivity contribution in [3.8, 4) is 0 Å². The molecule has 0 unspecified atom stereocenters. The molecule has 1 amide bonds. The monoisotopic (exact) mass is 277 g/mol. The lowest BCUT2D eigenvalue weighted by atomic mass is 10.1. The van der Waals surface area contributed by atoms with E-state index in [1.165, 1.54) is 0 Å². The van der Waals surface area contributed by atoms with E-state index in [9.17, 15) is 4.79 Å².